The summed E-state index contributed by atoms with van der Waals surface area (Å²) in [4.78, 5) is 43.8. The first-order valence-electron chi connectivity index (χ1n) is 11.4. The zero-order valence-electron chi connectivity index (χ0n) is 22.0. The van der Waals surface area contributed by atoms with Gasteiger partial charge in [-0.05, 0) is 30.7 Å². The Hall–Kier alpha value is -3.78. The van der Waals surface area contributed by atoms with Crippen LogP contribution >= 0.6 is 0 Å². The SMILES string of the molecule is C=CS(=O)(=O)C=C.CC(C)C[C@H](NC(=O)[C@@H](N)CC(C)C)C(=O)NCC(=O)O.O=[N+]([O-])c1ccccc1O. The molecule has 0 aliphatic heterocycles. The summed E-state index contributed by atoms with van der Waals surface area (Å²) in [7, 11) is -3.13. The van der Waals surface area contributed by atoms with E-state index in [1.165, 1.54) is 24.3 Å². The molecule has 0 aliphatic carbocycles. The van der Waals surface area contributed by atoms with Gasteiger partial charge in [-0.25, -0.2) is 8.42 Å². The van der Waals surface area contributed by atoms with Crippen molar-refractivity contribution in [1.29, 1.82) is 0 Å². The number of nitrogens with one attached hydrogen (secondary N) is 2. The lowest BCUT2D eigenvalue weighted by Crippen LogP contribution is -2.52. The van der Waals surface area contributed by atoms with Crippen molar-refractivity contribution in [3.8, 4) is 5.75 Å². The lowest BCUT2D eigenvalue weighted by atomic mass is 10.0. The van der Waals surface area contributed by atoms with Gasteiger partial charge in [0.2, 0.25) is 11.8 Å². The third-order valence-corrected chi connectivity index (χ3v) is 5.29. The number of sulfone groups is 1. The van der Waals surface area contributed by atoms with E-state index in [0.29, 0.717) is 12.8 Å². The Bertz CT molecular complexity index is 1040. The highest BCUT2D eigenvalue weighted by atomic mass is 32.2. The first-order chi connectivity index (χ1) is 17.5. The van der Waals surface area contributed by atoms with Crippen LogP contribution in [0.15, 0.2) is 48.2 Å². The molecule has 13 nitrogen and oxygen atoms in total. The molecule has 38 heavy (non-hydrogen) atoms. The van der Waals surface area contributed by atoms with Crippen LogP contribution in [-0.2, 0) is 24.2 Å². The second kappa shape index (κ2) is 18.5. The number of para-hydroxylation sites is 2. The number of aliphatic carboxylic acids is 1. The number of nitrogens with two attached hydrogens (primary N) is 1. The molecular weight excluding hydrogens is 520 g/mol. The number of amides is 2. The average Bonchev–Trinajstić information content (AvgIpc) is 2.82. The van der Waals surface area contributed by atoms with E-state index in [9.17, 15) is 32.9 Å². The van der Waals surface area contributed by atoms with Crippen LogP contribution in [0.2, 0.25) is 0 Å². The molecule has 6 N–H and O–H groups in total. The predicted molar refractivity (Wildman–Crippen MR) is 144 cm³/mol. The van der Waals surface area contributed by atoms with Crippen LogP contribution in [0.5, 0.6) is 5.75 Å². The van der Waals surface area contributed by atoms with Gasteiger partial charge in [0.05, 0.1) is 11.0 Å². The number of hydrogen-bond acceptors (Lipinski definition) is 9. The number of aromatic hydroxyl groups is 1. The van der Waals surface area contributed by atoms with Gasteiger partial charge in [-0.1, -0.05) is 53.0 Å². The van der Waals surface area contributed by atoms with E-state index in [4.69, 9.17) is 15.9 Å². The number of carboxylic acid groups (broad SMARTS) is 1. The molecule has 1 aromatic rings. The van der Waals surface area contributed by atoms with Crippen molar-refractivity contribution in [3.63, 3.8) is 0 Å². The van der Waals surface area contributed by atoms with E-state index >= 15 is 0 Å². The normalized spacial score (nSPS) is 12.0. The maximum atomic E-state index is 12.0. The van der Waals surface area contributed by atoms with Crippen LogP contribution in [0.3, 0.4) is 0 Å². The molecule has 0 aromatic heterocycles. The summed E-state index contributed by atoms with van der Waals surface area (Å²) in [5, 5.41) is 34.1. The number of carbonyl (C=O) groups is 3. The van der Waals surface area contributed by atoms with Gasteiger partial charge >= 0.3 is 11.7 Å². The van der Waals surface area contributed by atoms with Gasteiger partial charge in [0.25, 0.3) is 0 Å². The number of carbonyl (C=O) groups excluding carboxylic acids is 2. The first-order valence-corrected chi connectivity index (χ1v) is 13.1. The van der Waals surface area contributed by atoms with Crippen LogP contribution in [0.4, 0.5) is 5.69 Å². The summed E-state index contributed by atoms with van der Waals surface area (Å²) >= 11 is 0. The number of rotatable bonds is 12. The lowest BCUT2D eigenvalue weighted by Gasteiger charge is -2.22. The first kappa shape index (κ1) is 36.4. The van der Waals surface area contributed by atoms with Crippen LogP contribution in [0, 0.1) is 22.0 Å². The number of phenolic OH excluding ortho intramolecular Hbond substituents is 1. The standard InChI is InChI=1S/C14H27N3O4.C6H5NO3.C4H6O2S/c1-8(2)5-10(15)13(20)17-11(6-9(3)4)14(21)16-7-12(18)19;8-6-4-2-1-3-5(6)7(9)10;1-3-7(5,6)4-2/h8-11H,5-7,15H2,1-4H3,(H,16,21)(H,17,20)(H,18,19);1-4,8H;3-4H,1-2H2/t10-,11-;;/m0../s1. The van der Waals surface area contributed by atoms with Gasteiger partial charge in [-0.3, -0.25) is 24.5 Å². The lowest BCUT2D eigenvalue weighted by molar-refractivity contribution is -0.385. The second-order valence-electron chi connectivity index (χ2n) is 8.71. The Morgan fingerprint density at radius 2 is 1.55 bits per heavy atom. The molecule has 0 bridgehead atoms. The molecule has 0 saturated heterocycles. The molecule has 0 aliphatic rings. The number of nitrogens with zero attached hydrogens (tertiary/aromatic N) is 1. The smallest absolute Gasteiger partial charge is 0.322 e. The molecule has 1 rings (SSSR count). The Morgan fingerprint density at radius 1 is 1.05 bits per heavy atom. The topological polar surface area (TPSA) is 219 Å². The highest BCUT2D eigenvalue weighted by Crippen LogP contribution is 2.23. The number of hydrogen-bond donors (Lipinski definition) is 5. The highest BCUT2D eigenvalue weighted by molar-refractivity contribution is 7.97. The van der Waals surface area contributed by atoms with Gasteiger partial charge in [0.15, 0.2) is 15.6 Å². The van der Waals surface area contributed by atoms with Crippen molar-refractivity contribution < 1.29 is 37.9 Å². The van der Waals surface area contributed by atoms with Crippen LogP contribution < -0.4 is 16.4 Å². The molecule has 0 fully saturated rings. The number of nitro groups is 1. The average molecular weight is 559 g/mol. The summed E-state index contributed by atoms with van der Waals surface area (Å²) in [6, 6.07) is 4.11. The Kier molecular flexibility index (Phi) is 17.7. The van der Waals surface area contributed by atoms with Gasteiger partial charge < -0.3 is 26.6 Å². The summed E-state index contributed by atoms with van der Waals surface area (Å²) in [5.74, 6) is -1.87. The molecule has 0 unspecified atom stereocenters. The maximum absolute atomic E-state index is 12.0. The summed E-state index contributed by atoms with van der Waals surface area (Å²) in [6.07, 6.45) is 0.947. The molecule has 0 saturated carbocycles. The molecule has 214 valence electrons. The minimum atomic E-state index is -3.13. The van der Waals surface area contributed by atoms with E-state index < -0.39 is 45.3 Å². The second-order valence-corrected chi connectivity index (χ2v) is 10.6. The molecule has 2 atom stereocenters. The third-order valence-electron chi connectivity index (χ3n) is 4.36. The van der Waals surface area contributed by atoms with E-state index in [-0.39, 0.29) is 29.2 Å². The Labute approximate surface area is 222 Å². The molecule has 0 heterocycles. The van der Waals surface area contributed by atoms with Gasteiger partial charge in [0, 0.05) is 16.9 Å². The minimum absolute atomic E-state index is 0.173. The monoisotopic (exact) mass is 558 g/mol. The van der Waals surface area contributed by atoms with Crippen molar-refractivity contribution in [3.05, 3.63) is 58.4 Å². The minimum Gasteiger partial charge on any atom is -0.502 e. The van der Waals surface area contributed by atoms with Crippen LogP contribution in [0.1, 0.15) is 40.5 Å². The van der Waals surface area contributed by atoms with E-state index in [0.717, 1.165) is 10.8 Å². The predicted octanol–water partition coefficient (Wildman–Crippen LogP) is 2.08. The fourth-order valence-electron chi connectivity index (χ4n) is 2.57. The highest BCUT2D eigenvalue weighted by Gasteiger charge is 2.25. The van der Waals surface area contributed by atoms with Gasteiger partial charge in [-0.15, -0.1) is 0 Å². The molecular formula is C24H38N4O9S. The van der Waals surface area contributed by atoms with Crippen LogP contribution in [-0.4, -0.2) is 60.0 Å². The fraction of sp³-hybridized carbons (Fsp3) is 0.458. The number of nitro benzene ring substituents is 1. The fourth-order valence-corrected chi connectivity index (χ4v) is 2.71. The van der Waals surface area contributed by atoms with E-state index in [1.54, 1.807) is 0 Å². The summed E-state index contributed by atoms with van der Waals surface area (Å²) < 4.78 is 20.3. The van der Waals surface area contributed by atoms with Gasteiger partial charge in [0.1, 0.15) is 12.6 Å². The van der Waals surface area contributed by atoms with E-state index in [2.05, 4.69) is 23.8 Å². The maximum Gasteiger partial charge on any atom is 0.322 e. The molecule has 0 radical (unpaired) electrons. The zero-order chi connectivity index (χ0) is 30.1. The van der Waals surface area contributed by atoms with Crippen LogP contribution in [0.25, 0.3) is 0 Å². The molecule has 0 spiro atoms. The number of benzene rings is 1. The zero-order valence-corrected chi connectivity index (χ0v) is 22.8. The largest absolute Gasteiger partial charge is 0.502 e. The van der Waals surface area contributed by atoms with Crippen molar-refractivity contribution >= 4 is 33.3 Å². The van der Waals surface area contributed by atoms with Crippen molar-refractivity contribution in [2.75, 3.05) is 6.54 Å². The molecule has 1 aromatic carbocycles. The molecule has 2 amide bonds. The number of carboxylic acids is 1. The van der Waals surface area contributed by atoms with E-state index in [1.807, 2.05) is 27.7 Å². The third kappa shape index (κ3) is 17.6. The van der Waals surface area contributed by atoms with Gasteiger partial charge in [-0.2, -0.15) is 0 Å². The van der Waals surface area contributed by atoms with Crippen molar-refractivity contribution in [1.82, 2.24) is 10.6 Å². The number of phenols is 1. The summed E-state index contributed by atoms with van der Waals surface area (Å²) in [6.45, 7) is 13.4. The van der Waals surface area contributed by atoms with Crippen molar-refractivity contribution in [2.24, 2.45) is 17.6 Å². The summed E-state index contributed by atoms with van der Waals surface area (Å²) in [5.41, 5.74) is 5.52. The Balaban J connectivity index is 0. The Morgan fingerprint density at radius 3 is 1.89 bits per heavy atom. The molecule has 14 heteroatoms. The van der Waals surface area contributed by atoms with Crippen molar-refractivity contribution in [2.45, 2.75) is 52.6 Å². The quantitative estimate of drug-likeness (QED) is 0.186.